The van der Waals surface area contributed by atoms with Gasteiger partial charge in [-0.25, -0.2) is 0 Å². The summed E-state index contributed by atoms with van der Waals surface area (Å²) < 4.78 is 4.56. The molecule has 0 bridgehead atoms. The summed E-state index contributed by atoms with van der Waals surface area (Å²) in [7, 11) is 1.56. The smallest absolute Gasteiger partial charge is 0.107 e. The number of rotatable bonds is 1. The molecule has 0 aromatic heterocycles. The Bertz CT molecular complexity index is 300. The summed E-state index contributed by atoms with van der Waals surface area (Å²) in [6.45, 7) is -0.341. The second kappa shape index (κ2) is 120. The van der Waals surface area contributed by atoms with E-state index in [2.05, 4.69) is 40.3 Å². The van der Waals surface area contributed by atoms with Crippen LogP contribution in [-0.2, 0) is 56.4 Å². The van der Waals surface area contributed by atoms with Crippen molar-refractivity contribution in [1.82, 2.24) is 0 Å². The molecular weight excluding hydrogens is 717 g/mol. The quantitative estimate of drug-likeness (QED) is 0.117. The molecule has 0 unspecified atom stereocenters. The number of methoxy groups -OCH3 is 1. The fourth-order valence-corrected chi connectivity index (χ4v) is 0.403. The molecule has 0 aromatic rings. The molecule has 0 saturated heterocycles. The number of hydrogen-bond acceptors (Lipinski definition) is 6. The normalized spacial score (nSPS) is 4.34. The summed E-state index contributed by atoms with van der Waals surface area (Å²) >= 11 is 0. The maximum Gasteiger partial charge on any atom is 0.107 e. The average Bonchev–Trinajstić information content (AvgIpc) is 2.45. The zero-order valence-electron chi connectivity index (χ0n) is 14.4. The third-order valence-corrected chi connectivity index (χ3v) is 0.987. The van der Waals surface area contributed by atoms with E-state index in [0.29, 0.717) is 6.61 Å². The fraction of sp³-hybridized carbons (Fsp3) is 0.611. The molecular formula is C18H45Hf2O9-. The molecule has 11 N–H and O–H groups in total. The molecule has 11 heteroatoms. The summed E-state index contributed by atoms with van der Waals surface area (Å²) in [5.41, 5.74) is 0. The first-order chi connectivity index (χ1) is 9.24. The Labute approximate surface area is 216 Å². The minimum Gasteiger partial charge on any atom is -0.412 e. The van der Waals surface area contributed by atoms with Crippen LogP contribution in [-0.4, -0.2) is 88.7 Å². The molecule has 0 aliphatic carbocycles. The molecule has 0 amide bonds. The van der Waals surface area contributed by atoms with Crippen LogP contribution in [0.4, 0.5) is 0 Å². The number of hydrogen-bond donors (Lipinski definition) is 5. The fourth-order valence-electron chi connectivity index (χ4n) is 0.403. The van der Waals surface area contributed by atoms with Gasteiger partial charge in [-0.15, -0.1) is 0 Å². The van der Waals surface area contributed by atoms with Crippen LogP contribution in [0.1, 0.15) is 29.7 Å². The summed E-state index contributed by atoms with van der Waals surface area (Å²) in [5, 5.41) is 39.7. The van der Waals surface area contributed by atoms with E-state index >= 15 is 0 Å². The zero-order chi connectivity index (χ0) is 15.2. The summed E-state index contributed by atoms with van der Waals surface area (Å²) in [6, 6.07) is 0. The number of aliphatic hydroxyl groups is 5. The summed E-state index contributed by atoms with van der Waals surface area (Å²) in [5.74, 6) is 14.0. The van der Waals surface area contributed by atoms with E-state index in [0.717, 1.165) is 0 Å². The van der Waals surface area contributed by atoms with E-state index in [-0.39, 0.29) is 138 Å². The molecule has 0 aliphatic rings. The summed E-state index contributed by atoms with van der Waals surface area (Å²) in [4.78, 5) is 0. The molecule has 29 heavy (non-hydrogen) atoms. The molecule has 0 heterocycles. The number of aliphatic hydroxyl groups excluding tert-OH is 5. The van der Waals surface area contributed by atoms with Crippen molar-refractivity contribution in [2.45, 2.75) is 29.7 Å². The van der Waals surface area contributed by atoms with E-state index in [9.17, 15) is 0 Å². The molecule has 0 aliphatic heterocycles. The van der Waals surface area contributed by atoms with Crippen LogP contribution in [0.25, 0.3) is 0 Å². The van der Waals surface area contributed by atoms with Gasteiger partial charge in [-0.3, -0.25) is 0 Å². The van der Waals surface area contributed by atoms with Gasteiger partial charge in [0.25, 0.3) is 0 Å². The maximum atomic E-state index is 8.06. The van der Waals surface area contributed by atoms with Crippen molar-refractivity contribution in [1.29, 1.82) is 0 Å². The largest absolute Gasteiger partial charge is 0.412 e. The molecule has 0 radical (unpaired) electrons. The van der Waals surface area contributed by atoms with Crippen molar-refractivity contribution in [3.8, 4) is 35.5 Å². The molecule has 0 atom stereocenters. The van der Waals surface area contributed by atoms with E-state index in [1.54, 1.807) is 7.11 Å². The van der Waals surface area contributed by atoms with Gasteiger partial charge >= 0.3 is 0 Å². The van der Waals surface area contributed by atoms with Crippen LogP contribution < -0.4 is 0 Å². The first kappa shape index (κ1) is 88.7. The van der Waals surface area contributed by atoms with Crippen molar-refractivity contribution in [3.63, 3.8) is 0 Å². The minimum atomic E-state index is -0.166. The third-order valence-electron chi connectivity index (χ3n) is 0.987. The van der Waals surface area contributed by atoms with Crippen LogP contribution in [0, 0.1) is 42.9 Å². The van der Waals surface area contributed by atoms with Gasteiger partial charge in [0.15, 0.2) is 0 Å². The predicted molar refractivity (Wildman–Crippen MR) is 115 cm³/mol. The Hall–Kier alpha value is 0.0603. The molecule has 0 spiro atoms. The van der Waals surface area contributed by atoms with Gasteiger partial charge < -0.3 is 54.1 Å². The second-order valence-electron chi connectivity index (χ2n) is 2.28. The zero-order valence-corrected chi connectivity index (χ0v) is 21.6. The van der Waals surface area contributed by atoms with Gasteiger partial charge in [0.2, 0.25) is 0 Å². The standard InChI is InChI=1S/C5H8O2.2C4H6O2.4CH4.CH3.2Hf.3H2O/c1-7-5-3-2-4-6;2*5-3-1-2-4-6;;;;;;;;;;/h6H,4-5H2,1H3;2*5-6H,3-4H2;4*1H4;1H3;;;3*1H2/q;;;;;;;-1;;;;;. The van der Waals surface area contributed by atoms with E-state index in [1.165, 1.54) is 0 Å². The average molecular weight is 763 g/mol. The molecule has 0 fully saturated rings. The van der Waals surface area contributed by atoms with Crippen molar-refractivity contribution < 1.29 is 98.4 Å². The molecule has 0 aromatic carbocycles. The Morgan fingerprint density at radius 1 is 0.517 bits per heavy atom. The first-order valence-electron chi connectivity index (χ1n) is 5.15. The topological polar surface area (TPSA) is 205 Å². The van der Waals surface area contributed by atoms with Crippen molar-refractivity contribution >= 4 is 0 Å². The Morgan fingerprint density at radius 3 is 0.828 bits per heavy atom. The SMILES string of the molecule is C.C.C.C.COCC#CCO.O.O.O.OCC#CCO.OCC#CCO.[CH3-].[Hf].[Hf]. The first-order valence-corrected chi connectivity index (χ1v) is 5.15. The Kier molecular flexibility index (Phi) is 368. The Morgan fingerprint density at radius 2 is 0.690 bits per heavy atom. The van der Waals surface area contributed by atoms with Crippen molar-refractivity contribution in [2.75, 3.05) is 46.8 Å². The number of ether oxygens (including phenoxy) is 1. The molecule has 0 saturated carbocycles. The monoisotopic (exact) mass is 765 g/mol. The second-order valence-corrected chi connectivity index (χ2v) is 2.28. The van der Waals surface area contributed by atoms with Gasteiger partial charge in [-0.05, 0) is 0 Å². The molecule has 0 rings (SSSR count). The van der Waals surface area contributed by atoms with Crippen LogP contribution in [0.3, 0.4) is 0 Å². The van der Waals surface area contributed by atoms with Gasteiger partial charge in [-0.1, -0.05) is 65.2 Å². The predicted octanol–water partition coefficient (Wildman–Crippen LogP) is -1.91. The van der Waals surface area contributed by atoms with Crippen LogP contribution in [0.5, 0.6) is 0 Å². The van der Waals surface area contributed by atoms with E-state index < -0.39 is 0 Å². The Balaban J connectivity index is -0.0000000103. The van der Waals surface area contributed by atoms with Crippen LogP contribution in [0.15, 0.2) is 0 Å². The molecule has 9 nitrogen and oxygen atoms in total. The van der Waals surface area contributed by atoms with Crippen LogP contribution >= 0.6 is 0 Å². The van der Waals surface area contributed by atoms with E-state index in [4.69, 9.17) is 25.5 Å². The van der Waals surface area contributed by atoms with Crippen LogP contribution in [0.2, 0.25) is 0 Å². The van der Waals surface area contributed by atoms with Gasteiger partial charge in [0.05, 0.1) is 0 Å². The summed E-state index contributed by atoms with van der Waals surface area (Å²) in [6.07, 6.45) is 0. The molecule has 180 valence electrons. The van der Waals surface area contributed by atoms with Crippen molar-refractivity contribution in [3.05, 3.63) is 7.43 Å². The van der Waals surface area contributed by atoms with Gasteiger partial charge in [0, 0.05) is 58.8 Å². The minimum absolute atomic E-state index is 0. The van der Waals surface area contributed by atoms with Gasteiger partial charge in [-0.2, -0.15) is 0 Å². The van der Waals surface area contributed by atoms with Crippen molar-refractivity contribution in [2.24, 2.45) is 0 Å². The van der Waals surface area contributed by atoms with Gasteiger partial charge in [0.1, 0.15) is 39.6 Å². The maximum absolute atomic E-state index is 8.06. The third kappa shape index (κ3) is 188. The van der Waals surface area contributed by atoms with E-state index in [1.807, 2.05) is 0 Å².